The largest absolute Gasteiger partial charge is 0.478 e. The molecule has 0 unspecified atom stereocenters. The molecule has 1 aliphatic rings. The van der Waals surface area contributed by atoms with E-state index in [-0.39, 0.29) is 35.3 Å². The average molecular weight is 541 g/mol. The van der Waals surface area contributed by atoms with Gasteiger partial charge in [0.15, 0.2) is 5.58 Å². The summed E-state index contributed by atoms with van der Waals surface area (Å²) in [5, 5.41) is 15.2. The number of aromatic carboxylic acids is 1. The molecule has 3 N–H and O–H groups in total. The number of carboxylic acids is 1. The Morgan fingerprint density at radius 3 is 2.77 bits per heavy atom. The van der Waals surface area contributed by atoms with Crippen LogP contribution in [0.3, 0.4) is 0 Å². The monoisotopic (exact) mass is 540 g/mol. The highest BCUT2D eigenvalue weighted by molar-refractivity contribution is 5.98. The van der Waals surface area contributed by atoms with Gasteiger partial charge in [-0.15, -0.1) is 0 Å². The van der Waals surface area contributed by atoms with Gasteiger partial charge in [0.2, 0.25) is 5.78 Å². The number of hydrogen-bond donors (Lipinski definition) is 3. The van der Waals surface area contributed by atoms with E-state index in [4.69, 9.17) is 4.42 Å². The number of imidazole rings is 1. The molecule has 1 atom stereocenters. The van der Waals surface area contributed by atoms with Crippen molar-refractivity contribution in [2.24, 2.45) is 7.05 Å². The number of amides is 2. The number of nitrogens with one attached hydrogen (secondary N) is 2. The van der Waals surface area contributed by atoms with Crippen LogP contribution < -0.4 is 16.4 Å². The zero-order valence-corrected chi connectivity index (χ0v) is 21.6. The normalized spacial score (nSPS) is 14.4. The number of aromatic nitrogens is 4. The van der Waals surface area contributed by atoms with Gasteiger partial charge in [0.05, 0.1) is 17.1 Å². The smallest absolute Gasteiger partial charge is 0.419 e. The molecule has 3 aromatic heterocycles. The molecule has 3 heterocycles. The maximum absolute atomic E-state index is 13.3. The molecule has 0 radical (unpaired) electrons. The number of fused-ring (bicyclic) bond motifs is 3. The minimum atomic E-state index is -0.983. The Morgan fingerprint density at radius 1 is 1.15 bits per heavy atom. The number of rotatable bonds is 6. The quantitative estimate of drug-likeness (QED) is 0.296. The van der Waals surface area contributed by atoms with Crippen LogP contribution in [0.2, 0.25) is 0 Å². The van der Waals surface area contributed by atoms with Crippen LogP contribution in [0.4, 0.5) is 0 Å². The molecule has 12 nitrogen and oxygen atoms in total. The van der Waals surface area contributed by atoms with Gasteiger partial charge in [0.25, 0.3) is 11.8 Å². The molecule has 2 amide bonds. The summed E-state index contributed by atoms with van der Waals surface area (Å²) >= 11 is 0. The number of benzene rings is 2. The summed E-state index contributed by atoms with van der Waals surface area (Å²) in [5.74, 6) is -2.17. The van der Waals surface area contributed by atoms with Gasteiger partial charge in [-0.1, -0.05) is 12.1 Å². The summed E-state index contributed by atoms with van der Waals surface area (Å²) in [6.45, 7) is 1.95. The molecular weight excluding hydrogens is 516 g/mol. The van der Waals surface area contributed by atoms with E-state index < -0.39 is 23.5 Å². The second-order valence-corrected chi connectivity index (χ2v) is 9.71. The first-order valence-corrected chi connectivity index (χ1v) is 12.6. The molecule has 202 valence electrons. The minimum absolute atomic E-state index is 0.0333. The van der Waals surface area contributed by atoms with Gasteiger partial charge in [0, 0.05) is 26.0 Å². The summed E-state index contributed by atoms with van der Waals surface area (Å²) in [6.07, 6.45) is 4.34. The van der Waals surface area contributed by atoms with Crippen molar-refractivity contribution >= 4 is 34.7 Å². The lowest BCUT2D eigenvalue weighted by Crippen LogP contribution is -2.30. The molecule has 12 heteroatoms. The van der Waals surface area contributed by atoms with E-state index in [1.807, 2.05) is 0 Å². The van der Waals surface area contributed by atoms with E-state index in [9.17, 15) is 24.3 Å². The fraction of sp³-hybridized carbons (Fsp3) is 0.214. The number of carbonyl (C=O) groups excluding carboxylic acids is 2. The number of aryl methyl sites for hydroxylation is 1. The van der Waals surface area contributed by atoms with Crippen molar-refractivity contribution in [3.8, 4) is 0 Å². The zero-order chi connectivity index (χ0) is 28.1. The first kappa shape index (κ1) is 25.0. The summed E-state index contributed by atoms with van der Waals surface area (Å²) in [6, 6.07) is 9.59. The van der Waals surface area contributed by atoms with Gasteiger partial charge in [-0.25, -0.2) is 19.6 Å². The van der Waals surface area contributed by atoms with Crippen LogP contribution in [-0.2, 0) is 20.0 Å². The van der Waals surface area contributed by atoms with Crippen LogP contribution in [0.25, 0.3) is 16.9 Å². The van der Waals surface area contributed by atoms with E-state index in [0.29, 0.717) is 29.5 Å². The average Bonchev–Trinajstić information content (AvgIpc) is 3.65. The molecular formula is C28H24N6O6. The van der Waals surface area contributed by atoms with Crippen LogP contribution >= 0.6 is 0 Å². The number of hydrogen-bond acceptors (Lipinski definition) is 7. The second-order valence-electron chi connectivity index (χ2n) is 9.71. The van der Waals surface area contributed by atoms with E-state index in [2.05, 4.69) is 20.6 Å². The highest BCUT2D eigenvalue weighted by Gasteiger charge is 2.28. The van der Waals surface area contributed by atoms with Gasteiger partial charge in [0.1, 0.15) is 11.4 Å². The van der Waals surface area contributed by atoms with Gasteiger partial charge in [-0.2, -0.15) is 0 Å². The highest BCUT2D eigenvalue weighted by atomic mass is 16.4. The van der Waals surface area contributed by atoms with Crippen molar-refractivity contribution in [3.63, 3.8) is 0 Å². The molecule has 0 saturated heterocycles. The molecule has 0 aliphatic heterocycles. The Bertz CT molecular complexity index is 1920. The lowest BCUT2D eigenvalue weighted by molar-refractivity contribution is 0.0695. The van der Waals surface area contributed by atoms with Crippen molar-refractivity contribution in [2.45, 2.75) is 32.4 Å². The molecule has 2 aromatic carbocycles. The Morgan fingerprint density at radius 2 is 1.98 bits per heavy atom. The van der Waals surface area contributed by atoms with Crippen LogP contribution in [0.5, 0.6) is 0 Å². The van der Waals surface area contributed by atoms with Gasteiger partial charge >= 0.3 is 11.7 Å². The number of oxazole rings is 1. The third-order valence-electron chi connectivity index (χ3n) is 7.38. The molecule has 0 bridgehead atoms. The summed E-state index contributed by atoms with van der Waals surface area (Å²) in [7, 11) is 1.61. The Kier molecular flexibility index (Phi) is 5.94. The van der Waals surface area contributed by atoms with Gasteiger partial charge < -0.3 is 20.2 Å². The number of nitrogens with zero attached hydrogens (tertiary/aromatic N) is 4. The first-order chi connectivity index (χ1) is 19.2. The number of carbonyl (C=O) groups is 3. The maximum Gasteiger partial charge on any atom is 0.419 e. The molecule has 40 heavy (non-hydrogen) atoms. The summed E-state index contributed by atoms with van der Waals surface area (Å²) < 4.78 is 8.04. The van der Waals surface area contributed by atoms with E-state index >= 15 is 0 Å². The molecule has 5 aromatic rings. The van der Waals surface area contributed by atoms with Crippen LogP contribution in [0.15, 0.2) is 58.0 Å². The van der Waals surface area contributed by atoms with Crippen molar-refractivity contribution in [1.82, 2.24) is 29.6 Å². The van der Waals surface area contributed by atoms with Gasteiger partial charge in [-0.05, 0) is 66.3 Å². The zero-order valence-electron chi connectivity index (χ0n) is 21.6. The molecule has 1 aliphatic carbocycles. The fourth-order valence-corrected chi connectivity index (χ4v) is 5.25. The third kappa shape index (κ3) is 4.19. The third-order valence-corrected chi connectivity index (χ3v) is 7.38. The van der Waals surface area contributed by atoms with Crippen LogP contribution in [-0.4, -0.2) is 41.8 Å². The van der Waals surface area contributed by atoms with Crippen molar-refractivity contribution in [2.75, 3.05) is 0 Å². The molecule has 0 saturated carbocycles. The van der Waals surface area contributed by atoms with Gasteiger partial charge in [-0.3, -0.25) is 18.6 Å². The van der Waals surface area contributed by atoms with Crippen LogP contribution in [0.1, 0.15) is 66.1 Å². The lowest BCUT2D eigenvalue weighted by Gasteiger charge is -2.16. The minimum Gasteiger partial charge on any atom is -0.478 e. The lowest BCUT2D eigenvalue weighted by atomic mass is 9.98. The predicted octanol–water partition coefficient (Wildman–Crippen LogP) is 2.53. The van der Waals surface area contributed by atoms with Crippen LogP contribution in [0, 0.1) is 6.92 Å². The van der Waals surface area contributed by atoms with Crippen molar-refractivity contribution in [1.29, 1.82) is 0 Å². The van der Waals surface area contributed by atoms with E-state index in [1.54, 1.807) is 50.5 Å². The number of carboxylic acid groups (broad SMARTS) is 1. The molecule has 0 fully saturated rings. The van der Waals surface area contributed by atoms with Crippen molar-refractivity contribution < 1.29 is 23.9 Å². The fourth-order valence-electron chi connectivity index (χ4n) is 5.25. The highest BCUT2D eigenvalue weighted by Crippen LogP contribution is 2.34. The second kappa shape index (κ2) is 9.49. The van der Waals surface area contributed by atoms with E-state index in [0.717, 1.165) is 16.7 Å². The predicted molar refractivity (Wildman–Crippen MR) is 142 cm³/mol. The topological polar surface area (TPSA) is 161 Å². The summed E-state index contributed by atoms with van der Waals surface area (Å²) in [5.41, 5.74) is 4.79. The van der Waals surface area contributed by atoms with E-state index in [1.165, 1.54) is 21.2 Å². The standard InChI is InChI=1S/C28H24N6O6/c1-14-16-6-7-19(18(16)5-4-17(14)26(37)38)31-24(35)20-12-22(34-10-9-29-27(34)32-20)25(36)30-13-15-3-8-23-21(11-15)33(2)28(39)40-23/h3-5,8-12,19H,6-7,13H2,1-2H3,(H,30,36)(H,31,35)(H,37,38)/t19-/m0/s1. The van der Waals surface area contributed by atoms with Crippen molar-refractivity contribution in [3.05, 3.63) is 98.5 Å². The first-order valence-electron chi connectivity index (χ1n) is 12.6. The molecule has 0 spiro atoms. The maximum atomic E-state index is 13.3. The Balaban J connectivity index is 1.23. The summed E-state index contributed by atoms with van der Waals surface area (Å²) in [4.78, 5) is 58.3. The molecule has 6 rings (SSSR count). The Labute approximate surface area is 226 Å². The SMILES string of the molecule is Cc1c(C(=O)O)ccc2c1CC[C@@H]2NC(=O)c1cc(C(=O)NCc2ccc3oc(=O)n(C)c3c2)n2ccnc2n1. The Hall–Kier alpha value is -5.26.